The van der Waals surface area contributed by atoms with Gasteiger partial charge in [-0.3, -0.25) is 33.4 Å². The number of carbonyl (C=O) groups excluding carboxylic acids is 2. The molecule has 1 amide bonds. The van der Waals surface area contributed by atoms with E-state index in [2.05, 4.69) is 88.7 Å². The third kappa shape index (κ3) is 11.8. The van der Waals surface area contributed by atoms with Gasteiger partial charge in [0, 0.05) is 78.5 Å². The minimum Gasteiger partial charge on any atom is -0.480 e. The Labute approximate surface area is 390 Å². The van der Waals surface area contributed by atoms with Crippen LogP contribution in [-0.2, 0) is 45.3 Å². The first-order chi connectivity index (χ1) is 28.0. The fraction of sp³-hybridized carbons (Fsp3) is 0.184. The summed E-state index contributed by atoms with van der Waals surface area (Å²) in [6.45, 7) is 0.902. The smallest absolute Gasteiger partial charge is 0.327 e. The van der Waals surface area contributed by atoms with Crippen molar-refractivity contribution < 1.29 is 24.2 Å². The van der Waals surface area contributed by atoms with E-state index >= 15 is 0 Å². The van der Waals surface area contributed by atoms with Crippen LogP contribution in [0.4, 0.5) is 0 Å². The molecule has 0 unspecified atom stereocenters. The molecule has 59 heavy (non-hydrogen) atoms. The van der Waals surface area contributed by atoms with Gasteiger partial charge in [0.15, 0.2) is 0 Å². The van der Waals surface area contributed by atoms with Gasteiger partial charge in [0.25, 0.3) is 0 Å². The summed E-state index contributed by atoms with van der Waals surface area (Å²) in [5.41, 5.74) is 4.48. The summed E-state index contributed by atoms with van der Waals surface area (Å²) in [5, 5.41) is 26.1. The van der Waals surface area contributed by atoms with Crippen molar-refractivity contribution in [3.63, 3.8) is 0 Å². The quantitative estimate of drug-likeness (QED) is 0.162. The number of carboxylic acids is 1. The molecule has 308 valence electrons. The number of likely N-dealkylation sites (N-methyl/N-ethyl adjacent to an activating group) is 1. The van der Waals surface area contributed by atoms with Gasteiger partial charge in [0.05, 0.1) is 50.3 Å². The molecule has 0 fully saturated rings. The number of benzene rings is 4. The predicted octanol–water partition coefficient (Wildman–Crippen LogP) is 10.7. The molecule has 8 rings (SSSR count). The number of carboxylic acid groups (broad SMARTS) is 1. The predicted molar refractivity (Wildman–Crippen MR) is 246 cm³/mol. The van der Waals surface area contributed by atoms with E-state index in [0.29, 0.717) is 20.6 Å². The number of methoxy groups -OCH3 is 1. The lowest BCUT2D eigenvalue weighted by Crippen LogP contribution is -2.26. The number of aliphatic imine (C=N–C) groups is 1. The molecule has 13 nitrogen and oxygen atoms in total. The average Bonchev–Trinajstić information content (AvgIpc) is 4.01. The Bertz CT molecular complexity index is 2740. The van der Waals surface area contributed by atoms with Crippen molar-refractivity contribution in [1.29, 1.82) is 0 Å². The van der Waals surface area contributed by atoms with Gasteiger partial charge >= 0.3 is 11.9 Å². The SMILES string of the molecule is CN(C)C(=O)Cn1cc2c(Cl)c(Br)ccc2n1.COC(=O)Cn1cc2c(Cl)c(Br)ccc2n1.Clc1c(Br)ccc2c1C=NC2.O=C(O)Cn1cc2c(Cl)c(Br)ccc2n1. The molecule has 4 aromatic carbocycles. The average molecular weight is 1140 g/mol. The highest BCUT2D eigenvalue weighted by Crippen LogP contribution is 2.33. The zero-order valence-electron chi connectivity index (χ0n) is 30.9. The Morgan fingerprint density at radius 1 is 0.661 bits per heavy atom. The Kier molecular flexibility index (Phi) is 16.4. The third-order valence-corrected chi connectivity index (χ3v) is 13.4. The minimum absolute atomic E-state index is 0.00649. The Morgan fingerprint density at radius 3 is 1.49 bits per heavy atom. The third-order valence-electron chi connectivity index (χ3n) is 8.19. The molecule has 0 aliphatic carbocycles. The van der Waals surface area contributed by atoms with E-state index < -0.39 is 5.97 Å². The molecule has 7 aromatic rings. The highest BCUT2D eigenvalue weighted by Gasteiger charge is 2.14. The first-order valence-corrected chi connectivity index (χ1v) is 21.5. The van der Waals surface area contributed by atoms with E-state index in [-0.39, 0.29) is 31.5 Å². The van der Waals surface area contributed by atoms with Crippen molar-refractivity contribution in [3.8, 4) is 0 Å². The molecule has 0 saturated carbocycles. The number of nitrogens with zero attached hydrogens (tertiary/aromatic N) is 8. The van der Waals surface area contributed by atoms with Crippen LogP contribution in [0, 0.1) is 0 Å². The molecule has 3 aromatic heterocycles. The normalized spacial score (nSPS) is 11.3. The fourth-order valence-electron chi connectivity index (χ4n) is 5.22. The van der Waals surface area contributed by atoms with Gasteiger partial charge in [-0.15, -0.1) is 0 Å². The topological polar surface area (TPSA) is 150 Å². The molecular weight excluding hydrogens is 1110 g/mol. The molecule has 1 aliphatic heterocycles. The van der Waals surface area contributed by atoms with Crippen LogP contribution in [0.15, 0.2) is 90.0 Å². The zero-order chi connectivity index (χ0) is 43.1. The molecule has 0 bridgehead atoms. The number of hydrogen-bond acceptors (Lipinski definition) is 8. The maximum absolute atomic E-state index is 11.6. The highest BCUT2D eigenvalue weighted by atomic mass is 79.9. The summed E-state index contributed by atoms with van der Waals surface area (Å²) >= 11 is 37.6. The second-order valence-corrected chi connectivity index (χ2v) is 17.5. The largest absolute Gasteiger partial charge is 0.480 e. The number of esters is 1. The molecule has 0 atom stereocenters. The number of aliphatic carboxylic acids is 1. The number of aromatic nitrogens is 6. The van der Waals surface area contributed by atoms with Gasteiger partial charge in [-0.25, -0.2) is 0 Å². The summed E-state index contributed by atoms with van der Waals surface area (Å²) in [6.07, 6.45) is 6.95. The second kappa shape index (κ2) is 20.8. The van der Waals surface area contributed by atoms with Crippen LogP contribution in [0.3, 0.4) is 0 Å². The van der Waals surface area contributed by atoms with E-state index in [9.17, 15) is 14.4 Å². The standard InChI is InChI=1S/C11H11BrClN3O.C10H8BrClN2O2.C9H6BrClN2O2.C8H5BrClN/c1-15(2)10(17)6-16-5-7-9(14-16)4-3-8(12)11(7)13;1-16-9(15)5-14-4-6-8(13-14)3-2-7(11)10(6)12;10-6-1-2-7-5(9(6)11)3-13(12-7)4-8(14)15;9-7-2-1-5-3-11-4-6(5)8(7)10/h3-5H,6H2,1-2H3;2-4H,5H2,1H3;1-3H,4H2,(H,14,15);1-2,4H,3H2. The van der Waals surface area contributed by atoms with Gasteiger partial charge in [-0.1, -0.05) is 52.5 Å². The van der Waals surface area contributed by atoms with Crippen LogP contribution in [0.5, 0.6) is 0 Å². The van der Waals surface area contributed by atoms with Crippen LogP contribution in [0.2, 0.25) is 20.1 Å². The molecule has 1 N–H and O–H groups in total. The molecule has 0 radical (unpaired) electrons. The number of carbonyl (C=O) groups is 3. The lowest BCUT2D eigenvalue weighted by molar-refractivity contribution is -0.141. The Hall–Kier alpha value is -3.55. The van der Waals surface area contributed by atoms with E-state index in [1.807, 2.05) is 42.6 Å². The van der Waals surface area contributed by atoms with Crippen LogP contribution in [-0.4, -0.2) is 84.6 Å². The second-order valence-electron chi connectivity index (χ2n) is 12.5. The molecule has 0 saturated heterocycles. The van der Waals surface area contributed by atoms with E-state index in [1.165, 1.54) is 26.9 Å². The van der Waals surface area contributed by atoms with Crippen molar-refractivity contribution in [1.82, 2.24) is 34.2 Å². The molecule has 1 aliphatic rings. The molecular formula is C38H30Br4Cl4N8O5. The summed E-state index contributed by atoms with van der Waals surface area (Å²) in [7, 11) is 4.78. The van der Waals surface area contributed by atoms with Gasteiger partial charge in [0.1, 0.15) is 19.6 Å². The van der Waals surface area contributed by atoms with Crippen molar-refractivity contribution >= 4 is 167 Å². The lowest BCUT2D eigenvalue weighted by Gasteiger charge is -2.09. The first-order valence-electron chi connectivity index (χ1n) is 16.9. The minimum atomic E-state index is -0.932. The highest BCUT2D eigenvalue weighted by molar-refractivity contribution is 9.11. The lowest BCUT2D eigenvalue weighted by atomic mass is 10.1. The van der Waals surface area contributed by atoms with Crippen molar-refractivity contribution in [2.45, 2.75) is 26.2 Å². The maximum Gasteiger partial charge on any atom is 0.327 e. The van der Waals surface area contributed by atoms with Gasteiger partial charge in [-0.05, 0) is 112 Å². The number of ether oxygens (including phenoxy) is 1. The van der Waals surface area contributed by atoms with Crippen molar-refractivity contribution in [2.75, 3.05) is 21.2 Å². The monoisotopic (exact) mass is 1130 g/mol. The number of rotatable bonds is 6. The summed E-state index contributed by atoms with van der Waals surface area (Å²) in [6, 6.07) is 14.9. The number of amides is 1. The maximum atomic E-state index is 11.6. The van der Waals surface area contributed by atoms with Crippen LogP contribution >= 0.6 is 110 Å². The zero-order valence-corrected chi connectivity index (χ0v) is 40.3. The Morgan fingerprint density at radius 2 is 1.07 bits per heavy atom. The summed E-state index contributed by atoms with van der Waals surface area (Å²) < 4.78 is 12.4. The summed E-state index contributed by atoms with van der Waals surface area (Å²) in [5.74, 6) is -1.28. The summed E-state index contributed by atoms with van der Waals surface area (Å²) in [4.78, 5) is 38.8. The molecule has 0 spiro atoms. The Balaban J connectivity index is 0.000000151. The first kappa shape index (κ1) is 46.5. The number of halogens is 8. The van der Waals surface area contributed by atoms with Crippen LogP contribution in [0.1, 0.15) is 11.1 Å². The van der Waals surface area contributed by atoms with Gasteiger partial charge in [0.2, 0.25) is 5.91 Å². The number of fused-ring (bicyclic) bond motifs is 4. The van der Waals surface area contributed by atoms with Crippen molar-refractivity contribution in [3.05, 3.63) is 116 Å². The van der Waals surface area contributed by atoms with Gasteiger partial charge < -0.3 is 14.7 Å². The van der Waals surface area contributed by atoms with E-state index in [4.69, 9.17) is 51.5 Å². The fourth-order valence-corrected chi connectivity index (χ4v) is 7.47. The molecule has 4 heterocycles. The van der Waals surface area contributed by atoms with Crippen LogP contribution in [0.25, 0.3) is 32.7 Å². The van der Waals surface area contributed by atoms with Gasteiger partial charge in [-0.2, -0.15) is 15.3 Å². The van der Waals surface area contributed by atoms with Crippen LogP contribution < -0.4 is 0 Å². The molecule has 21 heteroatoms. The van der Waals surface area contributed by atoms with E-state index in [1.54, 1.807) is 49.5 Å². The number of hydrogen-bond donors (Lipinski definition) is 1. The van der Waals surface area contributed by atoms with Crippen molar-refractivity contribution in [2.24, 2.45) is 4.99 Å². The van der Waals surface area contributed by atoms with E-state index in [0.717, 1.165) is 62.2 Å².